The molecule has 0 amide bonds. The van der Waals surface area contributed by atoms with E-state index in [0.29, 0.717) is 36.3 Å². The van der Waals surface area contributed by atoms with Gasteiger partial charge in [-0.2, -0.15) is 0 Å². The van der Waals surface area contributed by atoms with Crippen molar-refractivity contribution in [2.75, 3.05) is 14.2 Å². The zero-order valence-electron chi connectivity index (χ0n) is 21.1. The molecular weight excluding hydrogens is 440 g/mol. The van der Waals surface area contributed by atoms with Gasteiger partial charge in [0.05, 0.1) is 25.9 Å². The van der Waals surface area contributed by atoms with Crippen LogP contribution in [0.2, 0.25) is 0 Å². The summed E-state index contributed by atoms with van der Waals surface area (Å²) in [5, 5.41) is 22.5. The first-order valence-electron chi connectivity index (χ1n) is 11.8. The molecule has 0 aromatic heterocycles. The Bertz CT molecular complexity index is 1020. The van der Waals surface area contributed by atoms with Crippen molar-refractivity contribution < 1.29 is 38.7 Å². The normalized spacial score (nSPS) is 32.1. The number of rotatable bonds is 5. The van der Waals surface area contributed by atoms with Gasteiger partial charge in [0.15, 0.2) is 0 Å². The molecule has 0 spiro atoms. The average molecular weight is 477 g/mol. The van der Waals surface area contributed by atoms with Crippen molar-refractivity contribution in [2.45, 2.75) is 84.2 Å². The first-order valence-corrected chi connectivity index (χ1v) is 11.8. The van der Waals surface area contributed by atoms with Crippen molar-refractivity contribution in [3.8, 4) is 11.5 Å². The third-order valence-corrected chi connectivity index (χ3v) is 8.47. The number of esters is 2. The predicted molar refractivity (Wildman–Crippen MR) is 123 cm³/mol. The summed E-state index contributed by atoms with van der Waals surface area (Å²) in [5.74, 6) is -0.324. The van der Waals surface area contributed by atoms with Gasteiger partial charge >= 0.3 is 11.9 Å². The summed E-state index contributed by atoms with van der Waals surface area (Å²) < 4.78 is 22.7. The molecule has 0 bridgehead atoms. The summed E-state index contributed by atoms with van der Waals surface area (Å²) in [4.78, 5) is 24.7. The fraction of sp³-hybridized carbons (Fsp3) is 0.692. The summed E-state index contributed by atoms with van der Waals surface area (Å²) in [6.07, 6.45) is 0.546. The quantitative estimate of drug-likeness (QED) is 0.624. The molecule has 8 nitrogen and oxygen atoms in total. The number of hydrogen-bond donors (Lipinski definition) is 2. The maximum Gasteiger partial charge on any atom is 0.342 e. The van der Waals surface area contributed by atoms with Crippen LogP contribution in [0.15, 0.2) is 0 Å². The lowest BCUT2D eigenvalue weighted by Gasteiger charge is -2.61. The maximum absolute atomic E-state index is 12.5. The first-order chi connectivity index (χ1) is 15.8. The second kappa shape index (κ2) is 8.12. The first kappa shape index (κ1) is 24.8. The second-order valence-electron chi connectivity index (χ2n) is 11.1. The fourth-order valence-electron chi connectivity index (χ4n) is 7.21. The van der Waals surface area contributed by atoms with Crippen LogP contribution in [0.25, 0.3) is 0 Å². The number of ether oxygens (including phenoxy) is 4. The number of hydrogen-bond acceptors (Lipinski definition) is 8. The molecule has 2 aliphatic heterocycles. The van der Waals surface area contributed by atoms with Crippen LogP contribution in [-0.4, -0.2) is 53.7 Å². The van der Waals surface area contributed by atoms with Crippen molar-refractivity contribution >= 4 is 11.9 Å². The Morgan fingerprint density at radius 3 is 2.50 bits per heavy atom. The highest BCUT2D eigenvalue weighted by atomic mass is 16.5. The average Bonchev–Trinajstić information content (AvgIpc) is 3.12. The Balaban J connectivity index is 1.89. The maximum atomic E-state index is 12.5. The van der Waals surface area contributed by atoms with E-state index in [9.17, 15) is 19.8 Å². The Labute approximate surface area is 200 Å². The minimum Gasteiger partial charge on any atom is -0.495 e. The number of cyclic esters (lactones) is 1. The van der Waals surface area contributed by atoms with Gasteiger partial charge in [-0.15, -0.1) is 0 Å². The third-order valence-electron chi connectivity index (χ3n) is 8.47. The van der Waals surface area contributed by atoms with Gasteiger partial charge in [-0.25, -0.2) is 4.79 Å². The molecule has 1 fully saturated rings. The lowest BCUT2D eigenvalue weighted by molar-refractivity contribution is -0.213. The molecule has 3 aliphatic rings. The van der Waals surface area contributed by atoms with Crippen LogP contribution in [0.4, 0.5) is 0 Å². The van der Waals surface area contributed by atoms with Gasteiger partial charge < -0.3 is 29.2 Å². The highest BCUT2D eigenvalue weighted by molar-refractivity contribution is 5.98. The van der Waals surface area contributed by atoms with Crippen LogP contribution in [-0.2, 0) is 27.3 Å². The molecule has 1 aromatic rings. The zero-order valence-corrected chi connectivity index (χ0v) is 21.1. The zero-order chi connectivity index (χ0) is 25.2. The van der Waals surface area contributed by atoms with Crippen molar-refractivity contribution in [3.63, 3.8) is 0 Å². The molecule has 8 heteroatoms. The van der Waals surface area contributed by atoms with E-state index in [0.717, 1.165) is 16.7 Å². The van der Waals surface area contributed by atoms with E-state index in [1.54, 1.807) is 13.8 Å². The Morgan fingerprint density at radius 1 is 1.24 bits per heavy atom. The van der Waals surface area contributed by atoms with E-state index in [-0.39, 0.29) is 24.9 Å². The monoisotopic (exact) mass is 476 g/mol. The largest absolute Gasteiger partial charge is 0.495 e. The summed E-state index contributed by atoms with van der Waals surface area (Å²) in [6, 6.07) is 0. The van der Waals surface area contributed by atoms with Crippen molar-refractivity contribution in [2.24, 2.45) is 17.3 Å². The summed E-state index contributed by atoms with van der Waals surface area (Å²) >= 11 is 0. The number of benzene rings is 1. The molecule has 1 aromatic carbocycles. The molecule has 2 heterocycles. The van der Waals surface area contributed by atoms with Gasteiger partial charge in [-0.1, -0.05) is 6.92 Å². The molecule has 188 valence electrons. The number of aliphatic hydroxyl groups is 2. The molecule has 34 heavy (non-hydrogen) atoms. The van der Waals surface area contributed by atoms with Gasteiger partial charge in [0, 0.05) is 35.8 Å². The predicted octanol–water partition coefficient (Wildman–Crippen LogP) is 3.10. The van der Waals surface area contributed by atoms with Crippen LogP contribution >= 0.6 is 0 Å². The van der Waals surface area contributed by atoms with Gasteiger partial charge in [0.2, 0.25) is 0 Å². The summed E-state index contributed by atoms with van der Waals surface area (Å²) in [6.45, 7) is 9.49. The highest BCUT2D eigenvalue weighted by Crippen LogP contribution is 2.61. The van der Waals surface area contributed by atoms with Crippen molar-refractivity contribution in [3.05, 3.63) is 22.3 Å². The van der Waals surface area contributed by atoms with Gasteiger partial charge in [0.1, 0.15) is 29.3 Å². The van der Waals surface area contributed by atoms with Crippen LogP contribution in [0.1, 0.15) is 74.0 Å². The smallest absolute Gasteiger partial charge is 0.342 e. The van der Waals surface area contributed by atoms with E-state index < -0.39 is 34.6 Å². The standard InChI is InChI=1S/C26H36O8/c1-13-15-12-33-23(29)19(15)21(32-7)14-10-17-25(4,9-8-18(28)31-6)22(24(2,3)30)16(27)11-26(17,5)34-20(13)14/h16-17,22,27,30H,8-12H2,1-7H3/t16-,17-,22+,25-,26+/m1/s1. The van der Waals surface area contributed by atoms with Crippen molar-refractivity contribution in [1.29, 1.82) is 0 Å². The van der Waals surface area contributed by atoms with Crippen LogP contribution in [0, 0.1) is 24.2 Å². The molecule has 2 N–H and O–H groups in total. The Morgan fingerprint density at radius 2 is 1.91 bits per heavy atom. The van der Waals surface area contributed by atoms with E-state index in [4.69, 9.17) is 18.9 Å². The van der Waals surface area contributed by atoms with E-state index in [1.165, 1.54) is 14.2 Å². The number of carbonyl (C=O) groups is 2. The molecule has 0 radical (unpaired) electrons. The topological polar surface area (TPSA) is 112 Å². The van der Waals surface area contributed by atoms with Crippen molar-refractivity contribution in [1.82, 2.24) is 0 Å². The minimum atomic E-state index is -1.20. The lowest BCUT2D eigenvalue weighted by atomic mass is 9.48. The molecule has 4 rings (SSSR count). The molecular formula is C26H36O8. The molecule has 0 saturated heterocycles. The SMILES string of the molecule is COC(=O)CC[C@]1(C)[C@H]2Cc3c(c(C)c4c(c3OC)C(=O)OC4)O[C@@]2(C)C[C@@H](O)[C@H]1C(C)(C)O. The van der Waals surface area contributed by atoms with E-state index in [1.807, 2.05) is 20.8 Å². The number of methoxy groups -OCH3 is 2. The number of carbonyl (C=O) groups excluding carboxylic acids is 2. The molecule has 0 unspecified atom stereocenters. The minimum absolute atomic E-state index is 0.151. The molecule has 5 atom stereocenters. The summed E-state index contributed by atoms with van der Waals surface area (Å²) in [7, 11) is 2.89. The highest BCUT2D eigenvalue weighted by Gasteiger charge is 2.63. The number of aliphatic hydroxyl groups excluding tert-OH is 1. The molecule has 1 saturated carbocycles. The summed E-state index contributed by atoms with van der Waals surface area (Å²) in [5.41, 5.74) is 0.190. The lowest BCUT2D eigenvalue weighted by Crippen LogP contribution is -2.66. The van der Waals surface area contributed by atoms with Crippen LogP contribution < -0.4 is 9.47 Å². The van der Waals surface area contributed by atoms with E-state index >= 15 is 0 Å². The van der Waals surface area contributed by atoms with Gasteiger partial charge in [-0.3, -0.25) is 4.79 Å². The Kier molecular flexibility index (Phi) is 5.92. The third kappa shape index (κ3) is 3.57. The Hall–Kier alpha value is -2.32. The number of fused-ring (bicyclic) bond motifs is 3. The van der Waals surface area contributed by atoms with E-state index in [2.05, 4.69) is 0 Å². The fourth-order valence-corrected chi connectivity index (χ4v) is 7.21. The van der Waals surface area contributed by atoms with Gasteiger partial charge in [0.25, 0.3) is 0 Å². The second-order valence-corrected chi connectivity index (χ2v) is 11.1. The van der Waals surface area contributed by atoms with Gasteiger partial charge in [-0.05, 0) is 51.5 Å². The molecule has 1 aliphatic carbocycles. The van der Waals surface area contributed by atoms with Crippen LogP contribution in [0.3, 0.4) is 0 Å². The van der Waals surface area contributed by atoms with Crippen LogP contribution in [0.5, 0.6) is 11.5 Å².